The molecule has 88 valence electrons. The van der Waals surface area contributed by atoms with E-state index < -0.39 is 0 Å². The Balaban J connectivity index is 1.80. The summed E-state index contributed by atoms with van der Waals surface area (Å²) >= 11 is 0. The van der Waals surface area contributed by atoms with Gasteiger partial charge in [0.1, 0.15) is 0 Å². The van der Waals surface area contributed by atoms with Gasteiger partial charge in [0.05, 0.1) is 0 Å². The molecule has 2 aliphatic rings. The molecule has 4 atom stereocenters. The van der Waals surface area contributed by atoms with E-state index in [2.05, 4.69) is 5.32 Å². The minimum atomic E-state index is 0.218. The van der Waals surface area contributed by atoms with E-state index in [1.54, 1.807) is 0 Å². The summed E-state index contributed by atoms with van der Waals surface area (Å²) in [7, 11) is 0. The first-order valence-electron chi connectivity index (χ1n) is 6.48. The van der Waals surface area contributed by atoms with E-state index in [9.17, 15) is 0 Å². The summed E-state index contributed by atoms with van der Waals surface area (Å²) in [6.07, 6.45) is 8.04. The molecule has 1 saturated heterocycles. The van der Waals surface area contributed by atoms with Crippen LogP contribution in [0.1, 0.15) is 38.5 Å². The fourth-order valence-electron chi connectivity index (χ4n) is 3.31. The summed E-state index contributed by atoms with van der Waals surface area (Å²) in [5.74, 6) is 1.76. The van der Waals surface area contributed by atoms with Crippen molar-refractivity contribution in [1.82, 2.24) is 5.32 Å². The van der Waals surface area contributed by atoms with Gasteiger partial charge < -0.3 is 16.8 Å². The van der Waals surface area contributed by atoms with Gasteiger partial charge in [-0.1, -0.05) is 6.42 Å². The van der Waals surface area contributed by atoms with Crippen LogP contribution in [0.15, 0.2) is 0 Å². The van der Waals surface area contributed by atoms with Crippen molar-refractivity contribution in [3.63, 3.8) is 0 Å². The molecule has 5 N–H and O–H groups in total. The molecule has 15 heavy (non-hydrogen) atoms. The highest BCUT2D eigenvalue weighted by Crippen LogP contribution is 2.35. The van der Waals surface area contributed by atoms with Gasteiger partial charge >= 0.3 is 0 Å². The van der Waals surface area contributed by atoms with Crippen LogP contribution in [0.5, 0.6) is 0 Å². The van der Waals surface area contributed by atoms with Crippen molar-refractivity contribution in [2.24, 2.45) is 23.3 Å². The number of nitrogens with one attached hydrogen (secondary N) is 1. The average Bonchev–Trinajstić information content (AvgIpc) is 2.29. The summed E-state index contributed by atoms with van der Waals surface area (Å²) < 4.78 is 0. The van der Waals surface area contributed by atoms with Crippen molar-refractivity contribution >= 4 is 0 Å². The second kappa shape index (κ2) is 5.28. The first kappa shape index (κ1) is 11.4. The largest absolute Gasteiger partial charge is 0.329 e. The first-order chi connectivity index (χ1) is 7.29. The lowest BCUT2D eigenvalue weighted by Crippen LogP contribution is -2.46. The monoisotopic (exact) mass is 211 g/mol. The van der Waals surface area contributed by atoms with Crippen LogP contribution >= 0.6 is 0 Å². The van der Waals surface area contributed by atoms with Crippen LogP contribution in [0.2, 0.25) is 0 Å². The quantitative estimate of drug-likeness (QED) is 0.648. The highest BCUT2D eigenvalue weighted by Gasteiger charge is 2.32. The van der Waals surface area contributed by atoms with Gasteiger partial charge in [-0.2, -0.15) is 0 Å². The molecule has 0 aromatic heterocycles. The van der Waals surface area contributed by atoms with E-state index in [0.717, 1.165) is 24.3 Å². The lowest BCUT2D eigenvalue weighted by atomic mass is 9.73. The number of hydrogen-bond acceptors (Lipinski definition) is 3. The lowest BCUT2D eigenvalue weighted by Gasteiger charge is -2.40. The molecule has 3 nitrogen and oxygen atoms in total. The Bertz CT molecular complexity index is 195. The van der Waals surface area contributed by atoms with Crippen LogP contribution in [0.3, 0.4) is 0 Å². The normalized spacial score (nSPS) is 38.4. The Morgan fingerprint density at radius 3 is 2.93 bits per heavy atom. The zero-order valence-electron chi connectivity index (χ0n) is 9.62. The minimum Gasteiger partial charge on any atom is -0.329 e. The Labute approximate surface area is 93.0 Å². The van der Waals surface area contributed by atoms with Gasteiger partial charge in [0.15, 0.2) is 0 Å². The molecule has 0 bridgehead atoms. The van der Waals surface area contributed by atoms with Gasteiger partial charge in [0.2, 0.25) is 0 Å². The third-order valence-corrected chi connectivity index (χ3v) is 4.20. The van der Waals surface area contributed by atoms with Crippen LogP contribution in [0.4, 0.5) is 0 Å². The zero-order valence-corrected chi connectivity index (χ0v) is 9.62. The van der Waals surface area contributed by atoms with Gasteiger partial charge in [0.25, 0.3) is 0 Å². The van der Waals surface area contributed by atoms with Crippen molar-refractivity contribution < 1.29 is 0 Å². The molecule has 2 rings (SSSR count). The predicted molar refractivity (Wildman–Crippen MR) is 63.5 cm³/mol. The maximum absolute atomic E-state index is 5.93. The predicted octanol–water partition coefficient (Wildman–Crippen LogP) is 0.831. The van der Waals surface area contributed by atoms with Crippen molar-refractivity contribution in [2.75, 3.05) is 13.1 Å². The smallest absolute Gasteiger partial charge is 0.0165 e. The van der Waals surface area contributed by atoms with Gasteiger partial charge in [-0.15, -0.1) is 0 Å². The number of fused-ring (bicyclic) bond motifs is 1. The highest BCUT2D eigenvalue weighted by molar-refractivity contribution is 4.88. The fraction of sp³-hybridized carbons (Fsp3) is 1.00. The molecular weight excluding hydrogens is 186 g/mol. The van der Waals surface area contributed by atoms with Crippen LogP contribution in [0, 0.1) is 11.8 Å². The maximum Gasteiger partial charge on any atom is 0.0165 e. The van der Waals surface area contributed by atoms with Crippen molar-refractivity contribution in [1.29, 1.82) is 0 Å². The summed E-state index contributed by atoms with van der Waals surface area (Å²) in [6, 6.07) is 0.998. The molecule has 0 amide bonds. The number of hydrogen-bond donors (Lipinski definition) is 3. The van der Waals surface area contributed by atoms with Gasteiger partial charge in [0, 0.05) is 18.6 Å². The summed E-state index contributed by atoms with van der Waals surface area (Å²) in [5, 5.41) is 3.67. The molecule has 1 saturated carbocycles. The Kier molecular flexibility index (Phi) is 4.00. The molecule has 2 fully saturated rings. The molecule has 4 unspecified atom stereocenters. The minimum absolute atomic E-state index is 0.218. The van der Waals surface area contributed by atoms with E-state index in [1.807, 2.05) is 0 Å². The second-order valence-electron chi connectivity index (χ2n) is 5.37. The summed E-state index contributed by atoms with van der Waals surface area (Å²) in [6.45, 7) is 1.86. The maximum atomic E-state index is 5.93. The van der Waals surface area contributed by atoms with Crippen LogP contribution in [0.25, 0.3) is 0 Å². The Morgan fingerprint density at radius 1 is 1.27 bits per heavy atom. The average molecular weight is 211 g/mol. The van der Waals surface area contributed by atoms with Crippen molar-refractivity contribution in [3.05, 3.63) is 0 Å². The zero-order chi connectivity index (χ0) is 10.7. The SMILES string of the molecule is NCC(N)CC1CCC2CCCNC2C1. The highest BCUT2D eigenvalue weighted by atomic mass is 14.9. The molecule has 0 aromatic rings. The molecule has 0 aromatic carbocycles. The molecule has 1 aliphatic heterocycles. The van der Waals surface area contributed by atoms with Crippen molar-refractivity contribution in [3.8, 4) is 0 Å². The molecule has 3 heteroatoms. The van der Waals surface area contributed by atoms with Crippen LogP contribution in [-0.2, 0) is 0 Å². The lowest BCUT2D eigenvalue weighted by molar-refractivity contribution is 0.158. The Hall–Kier alpha value is -0.120. The molecule has 1 heterocycles. The third kappa shape index (κ3) is 2.92. The van der Waals surface area contributed by atoms with Crippen LogP contribution in [-0.4, -0.2) is 25.2 Å². The number of piperidine rings is 1. The summed E-state index contributed by atoms with van der Waals surface area (Å²) in [5.41, 5.74) is 11.5. The molecule has 1 aliphatic carbocycles. The fourth-order valence-corrected chi connectivity index (χ4v) is 3.31. The number of rotatable bonds is 3. The van der Waals surface area contributed by atoms with E-state index in [-0.39, 0.29) is 6.04 Å². The third-order valence-electron chi connectivity index (χ3n) is 4.20. The number of nitrogens with two attached hydrogens (primary N) is 2. The van der Waals surface area contributed by atoms with Gasteiger partial charge in [-0.3, -0.25) is 0 Å². The van der Waals surface area contributed by atoms with Crippen LogP contribution < -0.4 is 16.8 Å². The summed E-state index contributed by atoms with van der Waals surface area (Å²) in [4.78, 5) is 0. The molecular formula is C12H25N3. The van der Waals surface area contributed by atoms with E-state index >= 15 is 0 Å². The van der Waals surface area contributed by atoms with E-state index in [0.29, 0.717) is 6.54 Å². The molecule has 0 spiro atoms. The Morgan fingerprint density at radius 2 is 2.13 bits per heavy atom. The van der Waals surface area contributed by atoms with Gasteiger partial charge in [-0.05, 0) is 50.5 Å². The van der Waals surface area contributed by atoms with E-state index in [1.165, 1.54) is 38.6 Å². The van der Waals surface area contributed by atoms with Gasteiger partial charge in [-0.25, -0.2) is 0 Å². The van der Waals surface area contributed by atoms with E-state index in [4.69, 9.17) is 11.5 Å². The topological polar surface area (TPSA) is 64.1 Å². The first-order valence-corrected chi connectivity index (χ1v) is 6.48. The molecule has 0 radical (unpaired) electrons. The standard InChI is InChI=1S/C12H25N3/c13-8-11(14)6-9-3-4-10-2-1-5-15-12(10)7-9/h9-12,15H,1-8,13-14H2. The van der Waals surface area contributed by atoms with Crippen molar-refractivity contribution in [2.45, 2.75) is 50.6 Å². The second-order valence-corrected chi connectivity index (χ2v) is 5.37.